The Morgan fingerprint density at radius 1 is 1.30 bits per heavy atom. The molecule has 2 N–H and O–H groups in total. The van der Waals surface area contributed by atoms with Crippen LogP contribution in [0.15, 0.2) is 36.4 Å². The van der Waals surface area contributed by atoms with Crippen LogP contribution in [0.2, 0.25) is 0 Å². The van der Waals surface area contributed by atoms with E-state index in [9.17, 15) is 4.79 Å². The highest BCUT2D eigenvalue weighted by Gasteiger charge is 2.34. The molecule has 3 rings (SSSR count). The molecule has 0 radical (unpaired) electrons. The molecule has 2 bridgehead atoms. The standard InChI is InChI=1S/C17H21NO2/c19-17(20)16-3-1-2-13(10-16)11-18-7-6-15-9-12-4-5-14(15)8-12/h1-5,10,12,14-15,18H,6-9,11H2,(H,19,20)/t12-,14+,15?/m1/s1. The third-order valence-electron chi connectivity index (χ3n) is 4.61. The van der Waals surface area contributed by atoms with Gasteiger partial charge in [-0.3, -0.25) is 0 Å². The summed E-state index contributed by atoms with van der Waals surface area (Å²) in [5, 5.41) is 12.4. The molecule has 1 aromatic carbocycles. The number of benzene rings is 1. The van der Waals surface area contributed by atoms with Gasteiger partial charge in [-0.05, 0) is 61.3 Å². The number of carboxylic acids is 1. The lowest BCUT2D eigenvalue weighted by Gasteiger charge is -2.18. The Kier molecular flexibility index (Phi) is 3.88. The van der Waals surface area contributed by atoms with Gasteiger partial charge in [0.15, 0.2) is 0 Å². The van der Waals surface area contributed by atoms with E-state index < -0.39 is 5.97 Å². The normalized spacial score (nSPS) is 27.1. The molecular formula is C17H21NO2. The molecule has 0 aromatic heterocycles. The van der Waals surface area contributed by atoms with Gasteiger partial charge in [0.25, 0.3) is 0 Å². The number of rotatable bonds is 6. The maximum atomic E-state index is 10.9. The van der Waals surface area contributed by atoms with E-state index in [2.05, 4.69) is 17.5 Å². The summed E-state index contributed by atoms with van der Waals surface area (Å²) in [6.07, 6.45) is 8.73. The van der Waals surface area contributed by atoms with Crippen molar-refractivity contribution >= 4 is 5.97 Å². The Bertz CT molecular complexity index is 523. The zero-order chi connectivity index (χ0) is 13.9. The summed E-state index contributed by atoms with van der Waals surface area (Å²) in [7, 11) is 0. The van der Waals surface area contributed by atoms with Crippen LogP contribution in [0.25, 0.3) is 0 Å². The van der Waals surface area contributed by atoms with E-state index in [4.69, 9.17) is 5.11 Å². The van der Waals surface area contributed by atoms with Crippen LogP contribution in [-0.4, -0.2) is 17.6 Å². The minimum absolute atomic E-state index is 0.363. The van der Waals surface area contributed by atoms with E-state index in [1.807, 2.05) is 6.07 Å². The molecule has 3 heteroatoms. The molecule has 0 amide bonds. The van der Waals surface area contributed by atoms with Crippen molar-refractivity contribution in [2.24, 2.45) is 17.8 Å². The van der Waals surface area contributed by atoms with Crippen LogP contribution in [0.1, 0.15) is 35.2 Å². The summed E-state index contributed by atoms with van der Waals surface area (Å²) in [4.78, 5) is 10.9. The van der Waals surface area contributed by atoms with Crippen molar-refractivity contribution in [3.8, 4) is 0 Å². The van der Waals surface area contributed by atoms with Crippen molar-refractivity contribution < 1.29 is 9.90 Å². The first kappa shape index (κ1) is 13.4. The first-order chi connectivity index (χ1) is 9.72. The maximum Gasteiger partial charge on any atom is 0.335 e. The molecule has 0 spiro atoms. The van der Waals surface area contributed by atoms with E-state index in [1.54, 1.807) is 18.2 Å². The summed E-state index contributed by atoms with van der Waals surface area (Å²) in [5.74, 6) is 1.65. The van der Waals surface area contributed by atoms with Gasteiger partial charge in [0.1, 0.15) is 0 Å². The van der Waals surface area contributed by atoms with Crippen molar-refractivity contribution in [3.63, 3.8) is 0 Å². The Hall–Kier alpha value is -1.61. The largest absolute Gasteiger partial charge is 0.478 e. The second-order valence-electron chi connectivity index (χ2n) is 6.01. The number of allylic oxidation sites excluding steroid dienone is 2. The van der Waals surface area contributed by atoms with Gasteiger partial charge in [0, 0.05) is 6.54 Å². The molecule has 1 saturated carbocycles. The molecular weight excluding hydrogens is 250 g/mol. The summed E-state index contributed by atoms with van der Waals surface area (Å²) in [6.45, 7) is 1.76. The molecule has 1 unspecified atom stereocenters. The Morgan fingerprint density at radius 2 is 2.20 bits per heavy atom. The summed E-state index contributed by atoms with van der Waals surface area (Å²) in [5.41, 5.74) is 1.40. The van der Waals surface area contributed by atoms with Crippen LogP contribution in [0.4, 0.5) is 0 Å². The Balaban J connectivity index is 1.43. The van der Waals surface area contributed by atoms with Gasteiger partial charge in [-0.25, -0.2) is 4.79 Å². The first-order valence-electron chi connectivity index (χ1n) is 7.43. The maximum absolute atomic E-state index is 10.9. The summed E-state index contributed by atoms with van der Waals surface area (Å²) in [6, 6.07) is 7.16. The lowest BCUT2D eigenvalue weighted by atomic mass is 9.91. The van der Waals surface area contributed by atoms with Crippen LogP contribution in [0.5, 0.6) is 0 Å². The molecule has 0 heterocycles. The highest BCUT2D eigenvalue weighted by atomic mass is 16.4. The van der Waals surface area contributed by atoms with Crippen molar-refractivity contribution in [1.82, 2.24) is 5.32 Å². The zero-order valence-electron chi connectivity index (χ0n) is 11.6. The summed E-state index contributed by atoms with van der Waals surface area (Å²) >= 11 is 0. The molecule has 3 nitrogen and oxygen atoms in total. The molecule has 2 aliphatic carbocycles. The van der Waals surface area contributed by atoms with Crippen molar-refractivity contribution in [1.29, 1.82) is 0 Å². The number of aromatic carboxylic acids is 1. The molecule has 1 fully saturated rings. The lowest BCUT2D eigenvalue weighted by molar-refractivity contribution is 0.0696. The Labute approximate surface area is 119 Å². The summed E-state index contributed by atoms with van der Waals surface area (Å²) < 4.78 is 0. The number of carboxylic acid groups (broad SMARTS) is 1. The number of nitrogens with one attached hydrogen (secondary N) is 1. The SMILES string of the molecule is O=C(O)c1cccc(CNCCC2C[C@@H]3C=C[C@H]2C3)c1. The van der Waals surface area contributed by atoms with E-state index in [0.717, 1.165) is 36.4 Å². The highest BCUT2D eigenvalue weighted by molar-refractivity contribution is 5.87. The Morgan fingerprint density at radius 3 is 2.90 bits per heavy atom. The fourth-order valence-electron chi connectivity index (χ4n) is 3.56. The molecule has 2 aliphatic rings. The van der Waals surface area contributed by atoms with E-state index in [0.29, 0.717) is 5.56 Å². The van der Waals surface area contributed by atoms with Crippen molar-refractivity contribution in [2.75, 3.05) is 6.54 Å². The molecule has 0 saturated heterocycles. The number of fused-ring (bicyclic) bond motifs is 2. The fraction of sp³-hybridized carbons (Fsp3) is 0.471. The molecule has 20 heavy (non-hydrogen) atoms. The highest BCUT2D eigenvalue weighted by Crippen LogP contribution is 2.44. The average Bonchev–Trinajstić information content (AvgIpc) is 3.06. The van der Waals surface area contributed by atoms with Crippen LogP contribution < -0.4 is 5.32 Å². The molecule has 0 aliphatic heterocycles. The van der Waals surface area contributed by atoms with Gasteiger partial charge in [-0.15, -0.1) is 0 Å². The number of hydrogen-bond donors (Lipinski definition) is 2. The van der Waals surface area contributed by atoms with Gasteiger partial charge in [-0.2, -0.15) is 0 Å². The minimum atomic E-state index is -0.861. The van der Waals surface area contributed by atoms with E-state index in [-0.39, 0.29) is 0 Å². The van der Waals surface area contributed by atoms with Gasteiger partial charge in [-0.1, -0.05) is 24.3 Å². The third-order valence-corrected chi connectivity index (χ3v) is 4.61. The van der Waals surface area contributed by atoms with Crippen LogP contribution >= 0.6 is 0 Å². The third kappa shape index (κ3) is 2.93. The quantitative estimate of drug-likeness (QED) is 0.617. The second kappa shape index (κ2) is 5.80. The number of hydrogen-bond acceptors (Lipinski definition) is 2. The minimum Gasteiger partial charge on any atom is -0.478 e. The fourth-order valence-corrected chi connectivity index (χ4v) is 3.56. The monoisotopic (exact) mass is 271 g/mol. The van der Waals surface area contributed by atoms with Gasteiger partial charge in [0.05, 0.1) is 5.56 Å². The average molecular weight is 271 g/mol. The predicted octanol–water partition coefficient (Wildman–Crippen LogP) is 3.08. The van der Waals surface area contributed by atoms with Gasteiger partial charge >= 0.3 is 5.97 Å². The van der Waals surface area contributed by atoms with Gasteiger partial charge < -0.3 is 10.4 Å². The van der Waals surface area contributed by atoms with E-state index >= 15 is 0 Å². The second-order valence-corrected chi connectivity index (χ2v) is 6.01. The first-order valence-corrected chi connectivity index (χ1v) is 7.43. The predicted molar refractivity (Wildman–Crippen MR) is 78.6 cm³/mol. The molecule has 3 atom stereocenters. The van der Waals surface area contributed by atoms with Crippen LogP contribution in [0, 0.1) is 17.8 Å². The number of carbonyl (C=O) groups is 1. The zero-order valence-corrected chi connectivity index (χ0v) is 11.6. The van der Waals surface area contributed by atoms with Crippen LogP contribution in [-0.2, 0) is 6.54 Å². The van der Waals surface area contributed by atoms with E-state index in [1.165, 1.54) is 19.3 Å². The smallest absolute Gasteiger partial charge is 0.335 e. The molecule has 1 aromatic rings. The topological polar surface area (TPSA) is 49.3 Å². The van der Waals surface area contributed by atoms with Crippen molar-refractivity contribution in [2.45, 2.75) is 25.8 Å². The lowest BCUT2D eigenvalue weighted by Crippen LogP contribution is -2.19. The van der Waals surface area contributed by atoms with Crippen molar-refractivity contribution in [3.05, 3.63) is 47.5 Å². The van der Waals surface area contributed by atoms with Gasteiger partial charge in [0.2, 0.25) is 0 Å². The molecule has 106 valence electrons. The van der Waals surface area contributed by atoms with Crippen LogP contribution in [0.3, 0.4) is 0 Å².